The van der Waals surface area contributed by atoms with Crippen molar-refractivity contribution in [3.05, 3.63) is 66.4 Å². The summed E-state index contributed by atoms with van der Waals surface area (Å²) in [7, 11) is 1.61. The molecule has 0 unspecified atom stereocenters. The number of ether oxygens (including phenoxy) is 3. The fourth-order valence-electron chi connectivity index (χ4n) is 3.48. The monoisotopic (exact) mass is 432 g/mol. The molecule has 4 aromatic rings. The quantitative estimate of drug-likeness (QED) is 0.478. The van der Waals surface area contributed by atoms with E-state index in [1.807, 2.05) is 48.5 Å². The molecule has 162 valence electrons. The average molecular weight is 432 g/mol. The maximum atomic E-state index is 12.5. The molecule has 1 N–H and O–H groups in total. The highest BCUT2D eigenvalue weighted by atomic mass is 16.7. The molecule has 2 aromatic heterocycles. The zero-order valence-electron chi connectivity index (χ0n) is 17.3. The zero-order chi connectivity index (χ0) is 21.9. The standard InChI is InChI=1S/C23H20N4O5/c1-29-18-7-3-2-5-16(18)12-24-21(28)13-27-10-4-6-17(27)23-25-22(26-32-23)15-8-9-19-20(11-15)31-14-30-19/h2-11H,12-14H2,1H3,(H,24,28). The predicted octanol–water partition coefficient (Wildman–Crippen LogP) is 3.26. The number of rotatable bonds is 7. The Kier molecular flexibility index (Phi) is 5.20. The zero-order valence-corrected chi connectivity index (χ0v) is 17.3. The number of nitrogens with one attached hydrogen (secondary N) is 1. The summed E-state index contributed by atoms with van der Waals surface area (Å²) in [6.07, 6.45) is 1.79. The maximum absolute atomic E-state index is 12.5. The van der Waals surface area contributed by atoms with E-state index in [1.54, 1.807) is 23.9 Å². The van der Waals surface area contributed by atoms with Crippen molar-refractivity contribution < 1.29 is 23.5 Å². The normalized spacial score (nSPS) is 12.0. The lowest BCUT2D eigenvalue weighted by Gasteiger charge is -2.10. The highest BCUT2D eigenvalue weighted by Gasteiger charge is 2.19. The van der Waals surface area contributed by atoms with Gasteiger partial charge in [-0.15, -0.1) is 0 Å². The number of nitrogens with zero attached hydrogens (tertiary/aromatic N) is 3. The highest BCUT2D eigenvalue weighted by molar-refractivity contribution is 5.76. The minimum atomic E-state index is -0.149. The molecule has 3 heterocycles. The molecule has 32 heavy (non-hydrogen) atoms. The minimum Gasteiger partial charge on any atom is -0.496 e. The van der Waals surface area contributed by atoms with E-state index in [-0.39, 0.29) is 19.2 Å². The van der Waals surface area contributed by atoms with Crippen LogP contribution in [-0.4, -0.2) is 34.5 Å². The number of amides is 1. The van der Waals surface area contributed by atoms with Crippen LogP contribution in [0.25, 0.3) is 23.0 Å². The van der Waals surface area contributed by atoms with E-state index in [0.717, 1.165) is 16.9 Å². The Morgan fingerprint density at radius 3 is 2.91 bits per heavy atom. The van der Waals surface area contributed by atoms with E-state index < -0.39 is 0 Å². The number of carbonyl (C=O) groups excluding carboxylic acids is 1. The van der Waals surface area contributed by atoms with Gasteiger partial charge in [0.2, 0.25) is 18.5 Å². The van der Waals surface area contributed by atoms with Gasteiger partial charge in [-0.05, 0) is 36.4 Å². The molecule has 5 rings (SSSR count). The van der Waals surface area contributed by atoms with Gasteiger partial charge in [0.15, 0.2) is 11.5 Å². The number of carbonyl (C=O) groups is 1. The van der Waals surface area contributed by atoms with Crippen molar-refractivity contribution in [2.24, 2.45) is 0 Å². The Bertz CT molecular complexity index is 1260. The summed E-state index contributed by atoms with van der Waals surface area (Å²) in [5.74, 6) is 2.65. The summed E-state index contributed by atoms with van der Waals surface area (Å²) in [5, 5.41) is 6.99. The molecule has 0 fully saturated rings. The number of hydrogen-bond acceptors (Lipinski definition) is 7. The second-order valence-electron chi connectivity index (χ2n) is 7.10. The molecule has 1 amide bonds. The van der Waals surface area contributed by atoms with Crippen molar-refractivity contribution in [2.45, 2.75) is 13.1 Å². The second kappa shape index (κ2) is 8.46. The number of para-hydroxylation sites is 1. The lowest BCUT2D eigenvalue weighted by Crippen LogP contribution is -2.27. The fourth-order valence-corrected chi connectivity index (χ4v) is 3.48. The van der Waals surface area contributed by atoms with Crippen LogP contribution in [0.15, 0.2) is 65.3 Å². The van der Waals surface area contributed by atoms with E-state index in [0.29, 0.717) is 35.5 Å². The van der Waals surface area contributed by atoms with Crippen LogP contribution in [0.3, 0.4) is 0 Å². The highest BCUT2D eigenvalue weighted by Crippen LogP contribution is 2.35. The third-order valence-corrected chi connectivity index (χ3v) is 5.09. The van der Waals surface area contributed by atoms with Crippen LogP contribution in [0, 0.1) is 0 Å². The molecule has 0 bridgehead atoms. The molecule has 1 aliphatic rings. The first-order valence-corrected chi connectivity index (χ1v) is 9.99. The van der Waals surface area contributed by atoms with Gasteiger partial charge in [-0.1, -0.05) is 23.4 Å². The van der Waals surface area contributed by atoms with Gasteiger partial charge in [-0.3, -0.25) is 4.79 Å². The molecule has 9 nitrogen and oxygen atoms in total. The fraction of sp³-hybridized carbons (Fsp3) is 0.174. The van der Waals surface area contributed by atoms with Crippen molar-refractivity contribution in [1.29, 1.82) is 0 Å². The molecule has 2 aromatic carbocycles. The lowest BCUT2D eigenvalue weighted by molar-refractivity contribution is -0.121. The minimum absolute atomic E-state index is 0.110. The van der Waals surface area contributed by atoms with E-state index in [9.17, 15) is 4.79 Å². The Morgan fingerprint density at radius 1 is 1.12 bits per heavy atom. The Balaban J connectivity index is 1.28. The summed E-state index contributed by atoms with van der Waals surface area (Å²) in [5.41, 5.74) is 2.30. The SMILES string of the molecule is COc1ccccc1CNC(=O)Cn1cccc1-c1nc(-c2ccc3c(c2)OCO3)no1. The van der Waals surface area contributed by atoms with Crippen LogP contribution in [0.5, 0.6) is 17.2 Å². The van der Waals surface area contributed by atoms with Crippen molar-refractivity contribution in [2.75, 3.05) is 13.9 Å². The van der Waals surface area contributed by atoms with E-state index >= 15 is 0 Å². The van der Waals surface area contributed by atoms with Gasteiger partial charge in [0, 0.05) is 23.9 Å². The molecule has 9 heteroatoms. The molecule has 0 saturated heterocycles. The van der Waals surface area contributed by atoms with Crippen LogP contribution in [0.4, 0.5) is 0 Å². The Hall–Kier alpha value is -4.27. The Morgan fingerprint density at radius 2 is 2.00 bits per heavy atom. The summed E-state index contributed by atoms with van der Waals surface area (Å²) < 4.78 is 23.3. The summed E-state index contributed by atoms with van der Waals surface area (Å²) in [6.45, 7) is 0.677. The van der Waals surface area contributed by atoms with Crippen LogP contribution < -0.4 is 19.5 Å². The van der Waals surface area contributed by atoms with Gasteiger partial charge in [-0.2, -0.15) is 4.98 Å². The smallest absolute Gasteiger partial charge is 0.274 e. The first-order chi connectivity index (χ1) is 15.7. The van der Waals surface area contributed by atoms with Crippen molar-refractivity contribution in [3.8, 4) is 40.2 Å². The van der Waals surface area contributed by atoms with Crippen LogP contribution in [0.2, 0.25) is 0 Å². The first kappa shape index (κ1) is 19.7. The summed E-state index contributed by atoms with van der Waals surface area (Å²) in [4.78, 5) is 17.0. The van der Waals surface area contributed by atoms with E-state index in [1.165, 1.54) is 0 Å². The average Bonchev–Trinajstić information content (AvgIpc) is 3.57. The van der Waals surface area contributed by atoms with Gasteiger partial charge in [0.05, 0.1) is 7.11 Å². The molecule has 0 aliphatic carbocycles. The van der Waals surface area contributed by atoms with Gasteiger partial charge in [0.1, 0.15) is 18.0 Å². The molecular weight excluding hydrogens is 412 g/mol. The van der Waals surface area contributed by atoms with E-state index in [4.69, 9.17) is 18.7 Å². The lowest BCUT2D eigenvalue weighted by atomic mass is 10.2. The Labute approximate surface area is 183 Å². The number of methoxy groups -OCH3 is 1. The van der Waals surface area contributed by atoms with Gasteiger partial charge >= 0.3 is 0 Å². The van der Waals surface area contributed by atoms with Crippen LogP contribution in [-0.2, 0) is 17.9 Å². The molecule has 0 atom stereocenters. The van der Waals surface area contributed by atoms with Gasteiger partial charge < -0.3 is 28.6 Å². The number of aromatic nitrogens is 3. The summed E-state index contributed by atoms with van der Waals surface area (Å²) >= 11 is 0. The molecular formula is C23H20N4O5. The van der Waals surface area contributed by atoms with Crippen molar-refractivity contribution >= 4 is 5.91 Å². The van der Waals surface area contributed by atoms with Crippen molar-refractivity contribution in [1.82, 2.24) is 20.0 Å². The molecule has 0 radical (unpaired) electrons. The van der Waals surface area contributed by atoms with Gasteiger partial charge in [0.25, 0.3) is 5.89 Å². The second-order valence-corrected chi connectivity index (χ2v) is 7.10. The van der Waals surface area contributed by atoms with Crippen LogP contribution in [0.1, 0.15) is 5.56 Å². The topological polar surface area (TPSA) is 101 Å². The third kappa shape index (κ3) is 3.87. The van der Waals surface area contributed by atoms with Gasteiger partial charge in [-0.25, -0.2) is 0 Å². The number of benzene rings is 2. The third-order valence-electron chi connectivity index (χ3n) is 5.09. The molecule has 1 aliphatic heterocycles. The van der Waals surface area contributed by atoms with E-state index in [2.05, 4.69) is 15.5 Å². The maximum Gasteiger partial charge on any atom is 0.274 e. The van der Waals surface area contributed by atoms with Crippen LogP contribution >= 0.6 is 0 Å². The number of hydrogen-bond donors (Lipinski definition) is 1. The van der Waals surface area contributed by atoms with Crippen molar-refractivity contribution in [3.63, 3.8) is 0 Å². The largest absolute Gasteiger partial charge is 0.496 e. The summed E-state index contributed by atoms with van der Waals surface area (Å²) in [6, 6.07) is 16.7. The molecule has 0 spiro atoms. The first-order valence-electron chi connectivity index (χ1n) is 9.99. The number of fused-ring (bicyclic) bond motifs is 1. The molecule has 0 saturated carbocycles. The predicted molar refractivity (Wildman–Crippen MR) is 114 cm³/mol.